The molecule has 1 aliphatic rings. The molecule has 1 N–H and O–H groups in total. The van der Waals surface area contributed by atoms with Gasteiger partial charge in [-0.15, -0.1) is 0 Å². The van der Waals surface area contributed by atoms with Gasteiger partial charge in [-0.1, -0.05) is 29.8 Å². The van der Waals surface area contributed by atoms with Crippen LogP contribution in [-0.2, 0) is 0 Å². The number of benzene rings is 2. The number of carbonyl (C=O) groups excluding carboxylic acids is 1. The number of para-hydroxylation sites is 2. The molecule has 0 unspecified atom stereocenters. The Morgan fingerprint density at radius 2 is 1.88 bits per heavy atom. The van der Waals surface area contributed by atoms with Crippen LogP contribution < -0.4 is 15.0 Å². The van der Waals surface area contributed by atoms with E-state index in [1.165, 1.54) is 0 Å². The van der Waals surface area contributed by atoms with E-state index in [0.717, 1.165) is 42.9 Å². The molecule has 5 heteroatoms. The van der Waals surface area contributed by atoms with Gasteiger partial charge in [0.2, 0.25) is 0 Å². The number of nitrogens with one attached hydrogen (secondary N) is 1. The molecule has 0 spiro atoms. The first-order valence-corrected chi connectivity index (χ1v) is 8.48. The highest BCUT2D eigenvalue weighted by atomic mass is 35.5. The minimum Gasteiger partial charge on any atom is -0.496 e. The SMILES string of the molecule is COc1c(C)cccc1C(=O)Nc1cccc(Cl)c1N1CCCC1. The molecule has 0 atom stereocenters. The Morgan fingerprint density at radius 3 is 2.58 bits per heavy atom. The van der Waals surface area contributed by atoms with Crippen molar-refractivity contribution < 1.29 is 9.53 Å². The van der Waals surface area contributed by atoms with Crippen LogP contribution in [0.4, 0.5) is 11.4 Å². The minimum absolute atomic E-state index is 0.196. The standard InChI is InChI=1S/C19H21ClN2O2/c1-13-7-5-8-14(18(13)24-2)19(23)21-16-10-6-9-15(20)17(16)22-11-3-4-12-22/h5-10H,3-4,11-12H2,1-2H3,(H,21,23). The quantitative estimate of drug-likeness (QED) is 0.887. The fraction of sp³-hybridized carbons (Fsp3) is 0.316. The molecule has 0 bridgehead atoms. The third kappa shape index (κ3) is 3.20. The molecular weight excluding hydrogens is 324 g/mol. The molecule has 1 heterocycles. The minimum atomic E-state index is -0.196. The molecule has 1 fully saturated rings. The Balaban J connectivity index is 1.93. The number of ether oxygens (including phenoxy) is 1. The summed E-state index contributed by atoms with van der Waals surface area (Å²) in [6, 6.07) is 11.1. The third-order valence-corrected chi connectivity index (χ3v) is 4.62. The molecule has 0 aliphatic carbocycles. The van der Waals surface area contributed by atoms with E-state index in [1.54, 1.807) is 13.2 Å². The molecule has 1 saturated heterocycles. The van der Waals surface area contributed by atoms with E-state index in [1.807, 2.05) is 37.3 Å². The van der Waals surface area contributed by atoms with Crippen LogP contribution in [0.2, 0.25) is 5.02 Å². The average molecular weight is 345 g/mol. The van der Waals surface area contributed by atoms with Crippen molar-refractivity contribution in [3.8, 4) is 5.75 Å². The number of hydrogen-bond acceptors (Lipinski definition) is 3. The lowest BCUT2D eigenvalue weighted by Crippen LogP contribution is -2.22. The summed E-state index contributed by atoms with van der Waals surface area (Å²) < 4.78 is 5.39. The third-order valence-electron chi connectivity index (χ3n) is 4.32. The lowest BCUT2D eigenvalue weighted by atomic mass is 10.1. The molecule has 0 radical (unpaired) electrons. The normalized spacial score (nSPS) is 13.9. The van der Waals surface area contributed by atoms with Gasteiger partial charge in [-0.3, -0.25) is 4.79 Å². The summed E-state index contributed by atoms with van der Waals surface area (Å²) in [5.41, 5.74) is 3.08. The highest BCUT2D eigenvalue weighted by Gasteiger charge is 2.21. The molecule has 2 aromatic rings. The number of amides is 1. The number of halogens is 1. The molecule has 2 aromatic carbocycles. The van der Waals surface area contributed by atoms with Crippen LogP contribution >= 0.6 is 11.6 Å². The van der Waals surface area contributed by atoms with Crippen LogP contribution in [0, 0.1) is 6.92 Å². The Hall–Kier alpha value is -2.20. The molecule has 24 heavy (non-hydrogen) atoms. The van der Waals surface area contributed by atoms with Crippen molar-refractivity contribution in [3.63, 3.8) is 0 Å². The van der Waals surface area contributed by atoms with Crippen LogP contribution in [-0.4, -0.2) is 26.1 Å². The van der Waals surface area contributed by atoms with Gasteiger partial charge in [0, 0.05) is 13.1 Å². The van der Waals surface area contributed by atoms with Gasteiger partial charge in [0.25, 0.3) is 5.91 Å². The van der Waals surface area contributed by atoms with Crippen LogP contribution in [0.5, 0.6) is 5.75 Å². The van der Waals surface area contributed by atoms with Crippen molar-refractivity contribution in [3.05, 3.63) is 52.5 Å². The topological polar surface area (TPSA) is 41.6 Å². The average Bonchev–Trinajstić information content (AvgIpc) is 3.08. The van der Waals surface area contributed by atoms with E-state index >= 15 is 0 Å². The zero-order valence-electron chi connectivity index (χ0n) is 13.9. The Bertz CT molecular complexity index is 755. The van der Waals surface area contributed by atoms with Crippen LogP contribution in [0.3, 0.4) is 0 Å². The van der Waals surface area contributed by atoms with Crippen molar-refractivity contribution in [1.29, 1.82) is 0 Å². The van der Waals surface area contributed by atoms with Crippen LogP contribution in [0.25, 0.3) is 0 Å². The van der Waals surface area contributed by atoms with E-state index in [0.29, 0.717) is 16.3 Å². The molecule has 3 rings (SSSR count). The molecule has 0 aromatic heterocycles. The molecule has 4 nitrogen and oxygen atoms in total. The van der Waals surface area contributed by atoms with Gasteiger partial charge in [-0.2, -0.15) is 0 Å². The Kier molecular flexibility index (Phi) is 4.95. The maximum Gasteiger partial charge on any atom is 0.259 e. The number of hydrogen-bond donors (Lipinski definition) is 1. The van der Waals surface area contributed by atoms with Crippen molar-refractivity contribution in [2.75, 3.05) is 30.4 Å². The number of aryl methyl sites for hydroxylation is 1. The second-order valence-electron chi connectivity index (χ2n) is 5.94. The number of carbonyl (C=O) groups is 1. The van der Waals surface area contributed by atoms with Gasteiger partial charge in [0.15, 0.2) is 0 Å². The zero-order chi connectivity index (χ0) is 17.1. The first-order valence-electron chi connectivity index (χ1n) is 8.10. The maximum atomic E-state index is 12.8. The first kappa shape index (κ1) is 16.7. The van der Waals surface area contributed by atoms with Gasteiger partial charge in [0.1, 0.15) is 5.75 Å². The first-order chi connectivity index (χ1) is 11.6. The summed E-state index contributed by atoms with van der Waals surface area (Å²) in [5, 5.41) is 3.66. The molecule has 1 aliphatic heterocycles. The predicted molar refractivity (Wildman–Crippen MR) is 98.6 cm³/mol. The van der Waals surface area contributed by atoms with E-state index in [9.17, 15) is 4.79 Å². The van der Waals surface area contributed by atoms with Crippen molar-refractivity contribution in [2.24, 2.45) is 0 Å². The van der Waals surface area contributed by atoms with Gasteiger partial charge in [-0.05, 0) is 43.5 Å². The largest absolute Gasteiger partial charge is 0.496 e. The molecule has 126 valence electrons. The zero-order valence-corrected chi connectivity index (χ0v) is 14.7. The number of anilines is 2. The highest BCUT2D eigenvalue weighted by Crippen LogP contribution is 2.36. The van der Waals surface area contributed by atoms with E-state index < -0.39 is 0 Å². The van der Waals surface area contributed by atoms with Crippen LogP contribution in [0.1, 0.15) is 28.8 Å². The van der Waals surface area contributed by atoms with Crippen molar-refractivity contribution >= 4 is 28.9 Å². The molecule has 0 saturated carbocycles. The second kappa shape index (κ2) is 7.14. The van der Waals surface area contributed by atoms with Crippen LogP contribution in [0.15, 0.2) is 36.4 Å². The second-order valence-corrected chi connectivity index (χ2v) is 6.35. The predicted octanol–water partition coefficient (Wildman–Crippen LogP) is 4.51. The molecular formula is C19H21ClN2O2. The van der Waals surface area contributed by atoms with E-state index in [2.05, 4.69) is 10.2 Å². The summed E-state index contributed by atoms with van der Waals surface area (Å²) in [6.45, 7) is 3.84. The number of nitrogens with zero attached hydrogens (tertiary/aromatic N) is 1. The van der Waals surface area contributed by atoms with E-state index in [-0.39, 0.29) is 5.91 Å². The van der Waals surface area contributed by atoms with Gasteiger partial charge >= 0.3 is 0 Å². The highest BCUT2D eigenvalue weighted by molar-refractivity contribution is 6.34. The fourth-order valence-corrected chi connectivity index (χ4v) is 3.46. The summed E-state index contributed by atoms with van der Waals surface area (Å²) in [4.78, 5) is 15.0. The number of methoxy groups -OCH3 is 1. The van der Waals surface area contributed by atoms with Gasteiger partial charge in [0.05, 0.1) is 29.1 Å². The smallest absolute Gasteiger partial charge is 0.259 e. The summed E-state index contributed by atoms with van der Waals surface area (Å²) in [7, 11) is 1.58. The lowest BCUT2D eigenvalue weighted by Gasteiger charge is -2.23. The summed E-state index contributed by atoms with van der Waals surface area (Å²) in [5.74, 6) is 0.401. The van der Waals surface area contributed by atoms with Crippen molar-refractivity contribution in [1.82, 2.24) is 0 Å². The van der Waals surface area contributed by atoms with Gasteiger partial charge < -0.3 is 15.0 Å². The maximum absolute atomic E-state index is 12.8. The lowest BCUT2D eigenvalue weighted by molar-refractivity contribution is 0.102. The Labute approximate surface area is 147 Å². The van der Waals surface area contributed by atoms with Crippen molar-refractivity contribution in [2.45, 2.75) is 19.8 Å². The molecule has 1 amide bonds. The summed E-state index contributed by atoms with van der Waals surface area (Å²) in [6.07, 6.45) is 2.29. The van der Waals surface area contributed by atoms with E-state index in [4.69, 9.17) is 16.3 Å². The Morgan fingerprint density at radius 1 is 1.17 bits per heavy atom. The monoisotopic (exact) mass is 344 g/mol. The van der Waals surface area contributed by atoms with Gasteiger partial charge in [-0.25, -0.2) is 0 Å². The number of rotatable bonds is 4. The fourth-order valence-electron chi connectivity index (χ4n) is 3.17. The summed E-state index contributed by atoms with van der Waals surface area (Å²) >= 11 is 6.41.